The molecule has 0 saturated carbocycles. The van der Waals surface area contributed by atoms with E-state index in [4.69, 9.17) is 9.47 Å². The van der Waals surface area contributed by atoms with Crippen LogP contribution in [0.4, 0.5) is 0 Å². The number of carbonyl (C=O) groups is 1. The van der Waals surface area contributed by atoms with Crippen molar-refractivity contribution in [2.45, 2.75) is 24.0 Å². The van der Waals surface area contributed by atoms with Crippen LogP contribution in [0.15, 0.2) is 47.4 Å². The molecule has 1 aliphatic rings. The quantitative estimate of drug-likeness (QED) is 0.711. The van der Waals surface area contributed by atoms with Crippen LogP contribution in [-0.2, 0) is 19.6 Å². The molecule has 9 heteroatoms. The topological polar surface area (TPSA) is 111 Å². The van der Waals surface area contributed by atoms with E-state index in [9.17, 15) is 18.3 Å². The van der Waals surface area contributed by atoms with Crippen LogP contribution in [0, 0.1) is 6.92 Å². The molecule has 2 unspecified atom stereocenters. The van der Waals surface area contributed by atoms with Crippen LogP contribution in [0.2, 0.25) is 0 Å². The van der Waals surface area contributed by atoms with Crippen molar-refractivity contribution in [3.8, 4) is 11.5 Å². The average molecular weight is 393 g/mol. The molecule has 0 saturated heterocycles. The number of hydrogen-bond donors (Lipinski definition) is 2. The van der Waals surface area contributed by atoms with E-state index in [1.165, 1.54) is 24.3 Å². The lowest BCUT2D eigenvalue weighted by Gasteiger charge is -2.22. The van der Waals surface area contributed by atoms with E-state index in [1.807, 2.05) is 6.92 Å². The second-order valence-electron chi connectivity index (χ2n) is 5.99. The molecule has 2 atom stereocenters. The number of ether oxygens (including phenoxy) is 3. The molecular weight excluding hydrogens is 374 g/mol. The number of aliphatic hydroxyl groups is 1. The van der Waals surface area contributed by atoms with E-state index in [0.717, 1.165) is 12.7 Å². The molecule has 0 spiro atoms. The summed E-state index contributed by atoms with van der Waals surface area (Å²) in [7, 11) is -2.95. The van der Waals surface area contributed by atoms with Gasteiger partial charge in [-0.3, -0.25) is 4.79 Å². The second kappa shape index (κ2) is 7.55. The maximum Gasteiger partial charge on any atom is 0.326 e. The summed E-state index contributed by atoms with van der Waals surface area (Å²) in [6, 6.07) is 9.15. The van der Waals surface area contributed by atoms with E-state index in [-0.39, 0.29) is 17.3 Å². The highest BCUT2D eigenvalue weighted by Gasteiger charge is 2.34. The molecule has 0 aliphatic carbocycles. The molecule has 2 N–H and O–H groups in total. The molecule has 27 heavy (non-hydrogen) atoms. The summed E-state index contributed by atoms with van der Waals surface area (Å²) in [5, 5.41) is 10.6. The van der Waals surface area contributed by atoms with Gasteiger partial charge in [0.25, 0.3) is 0 Å². The summed E-state index contributed by atoms with van der Waals surface area (Å²) in [6.45, 7) is 1.87. The number of methoxy groups -OCH3 is 1. The molecule has 2 aromatic carbocycles. The predicted octanol–water partition coefficient (Wildman–Crippen LogP) is 1.28. The van der Waals surface area contributed by atoms with Crippen molar-refractivity contribution in [1.82, 2.24) is 4.72 Å². The third-order valence-electron chi connectivity index (χ3n) is 4.12. The summed E-state index contributed by atoms with van der Waals surface area (Å²) >= 11 is 0. The Morgan fingerprint density at radius 3 is 2.48 bits per heavy atom. The van der Waals surface area contributed by atoms with Crippen molar-refractivity contribution < 1.29 is 32.5 Å². The van der Waals surface area contributed by atoms with Crippen molar-refractivity contribution in [3.05, 3.63) is 53.6 Å². The standard InChI is InChI=1S/C18H19NO7S/c1-11-3-6-13(7-4-11)27(22,23)19-16(18(21)24-2)17(20)12-5-8-14-15(9-12)26-10-25-14/h3-9,16-17,19-20H,10H2,1-2H3. The number of aryl methyl sites for hydroxylation is 1. The molecule has 2 aromatic rings. The molecule has 0 aromatic heterocycles. The van der Waals surface area contributed by atoms with Gasteiger partial charge in [-0.25, -0.2) is 8.42 Å². The fourth-order valence-electron chi connectivity index (χ4n) is 2.61. The molecular formula is C18H19NO7S. The molecule has 8 nitrogen and oxygen atoms in total. The highest BCUT2D eigenvalue weighted by atomic mass is 32.2. The first-order chi connectivity index (χ1) is 12.8. The number of sulfonamides is 1. The van der Waals surface area contributed by atoms with Crippen LogP contribution in [0.1, 0.15) is 17.2 Å². The molecule has 0 radical (unpaired) electrons. The van der Waals surface area contributed by atoms with E-state index in [0.29, 0.717) is 11.5 Å². The first-order valence-electron chi connectivity index (χ1n) is 8.06. The van der Waals surface area contributed by atoms with Gasteiger partial charge in [-0.2, -0.15) is 4.72 Å². The molecule has 1 heterocycles. The lowest BCUT2D eigenvalue weighted by molar-refractivity contribution is -0.145. The largest absolute Gasteiger partial charge is 0.468 e. The highest BCUT2D eigenvalue weighted by molar-refractivity contribution is 7.89. The summed E-state index contributed by atoms with van der Waals surface area (Å²) < 4.78 is 42.6. The number of aliphatic hydroxyl groups excluding tert-OH is 1. The van der Waals surface area contributed by atoms with Crippen molar-refractivity contribution >= 4 is 16.0 Å². The van der Waals surface area contributed by atoms with Gasteiger partial charge in [0.1, 0.15) is 12.1 Å². The van der Waals surface area contributed by atoms with Gasteiger partial charge in [0.15, 0.2) is 11.5 Å². The molecule has 144 valence electrons. The second-order valence-corrected chi connectivity index (χ2v) is 7.71. The number of benzene rings is 2. The highest BCUT2D eigenvalue weighted by Crippen LogP contribution is 2.35. The van der Waals surface area contributed by atoms with Gasteiger partial charge in [0, 0.05) is 0 Å². The van der Waals surface area contributed by atoms with Gasteiger partial charge in [-0.15, -0.1) is 0 Å². The predicted molar refractivity (Wildman–Crippen MR) is 94.8 cm³/mol. The third-order valence-corrected chi connectivity index (χ3v) is 5.58. The molecule has 0 amide bonds. The molecule has 0 fully saturated rings. The number of rotatable bonds is 6. The monoisotopic (exact) mass is 393 g/mol. The molecule has 3 rings (SSSR count). The van der Waals surface area contributed by atoms with Crippen molar-refractivity contribution in [2.75, 3.05) is 13.9 Å². The Morgan fingerprint density at radius 1 is 1.15 bits per heavy atom. The van der Waals surface area contributed by atoms with Gasteiger partial charge in [-0.05, 0) is 36.8 Å². The molecule has 1 aliphatic heterocycles. The normalized spacial score (nSPS) is 15.2. The third kappa shape index (κ3) is 4.05. The minimum Gasteiger partial charge on any atom is -0.468 e. The van der Waals surface area contributed by atoms with Crippen LogP contribution in [0.5, 0.6) is 11.5 Å². The minimum absolute atomic E-state index is 0.0279. The van der Waals surface area contributed by atoms with Gasteiger partial charge in [0.2, 0.25) is 16.8 Å². The number of fused-ring (bicyclic) bond motifs is 1. The Bertz CT molecular complexity index is 941. The maximum atomic E-state index is 12.6. The summed E-state index contributed by atoms with van der Waals surface area (Å²) in [5.41, 5.74) is 1.17. The summed E-state index contributed by atoms with van der Waals surface area (Å²) in [4.78, 5) is 12.1. The lowest BCUT2D eigenvalue weighted by atomic mass is 10.0. The van der Waals surface area contributed by atoms with Crippen molar-refractivity contribution in [2.24, 2.45) is 0 Å². The van der Waals surface area contributed by atoms with Crippen LogP contribution in [0.3, 0.4) is 0 Å². The van der Waals surface area contributed by atoms with Crippen LogP contribution >= 0.6 is 0 Å². The van der Waals surface area contributed by atoms with E-state index in [1.54, 1.807) is 18.2 Å². The van der Waals surface area contributed by atoms with E-state index >= 15 is 0 Å². The van der Waals surface area contributed by atoms with E-state index in [2.05, 4.69) is 9.46 Å². The minimum atomic E-state index is -4.06. The number of hydrogen-bond acceptors (Lipinski definition) is 7. The van der Waals surface area contributed by atoms with Crippen LogP contribution < -0.4 is 14.2 Å². The van der Waals surface area contributed by atoms with Gasteiger partial charge in [0.05, 0.1) is 12.0 Å². The van der Waals surface area contributed by atoms with Crippen LogP contribution in [-0.4, -0.2) is 39.4 Å². The Kier molecular flexibility index (Phi) is 5.36. The zero-order valence-corrected chi connectivity index (χ0v) is 15.5. The lowest BCUT2D eigenvalue weighted by Crippen LogP contribution is -2.45. The molecule has 0 bridgehead atoms. The fourth-order valence-corrected chi connectivity index (χ4v) is 3.80. The van der Waals surface area contributed by atoms with Crippen molar-refractivity contribution in [1.29, 1.82) is 0 Å². The van der Waals surface area contributed by atoms with Gasteiger partial charge >= 0.3 is 5.97 Å². The maximum absolute atomic E-state index is 12.6. The smallest absolute Gasteiger partial charge is 0.326 e. The van der Waals surface area contributed by atoms with E-state index < -0.39 is 28.1 Å². The van der Waals surface area contributed by atoms with Gasteiger partial charge in [-0.1, -0.05) is 23.8 Å². The zero-order chi connectivity index (χ0) is 19.6. The first-order valence-corrected chi connectivity index (χ1v) is 9.54. The Balaban J connectivity index is 1.89. The average Bonchev–Trinajstić information content (AvgIpc) is 3.13. The first kappa shape index (κ1) is 19.2. The number of nitrogens with one attached hydrogen (secondary N) is 1. The van der Waals surface area contributed by atoms with Gasteiger partial charge < -0.3 is 19.3 Å². The summed E-state index contributed by atoms with van der Waals surface area (Å²) in [6.07, 6.45) is -1.49. The number of esters is 1. The Morgan fingerprint density at radius 2 is 1.81 bits per heavy atom. The SMILES string of the molecule is COC(=O)C(NS(=O)(=O)c1ccc(C)cc1)C(O)c1ccc2c(c1)OCO2. The Labute approximate surface area is 156 Å². The zero-order valence-electron chi connectivity index (χ0n) is 14.7. The van der Waals surface area contributed by atoms with Crippen molar-refractivity contribution in [3.63, 3.8) is 0 Å². The van der Waals surface area contributed by atoms with Crippen LogP contribution in [0.25, 0.3) is 0 Å². The summed E-state index contributed by atoms with van der Waals surface area (Å²) in [5.74, 6) is -0.0202. The Hall–Kier alpha value is -2.62. The fraction of sp³-hybridized carbons (Fsp3) is 0.278. The number of carbonyl (C=O) groups excluding carboxylic acids is 1.